The molecular weight excluding hydrogens is 528 g/mol. The molecule has 2 aromatic carbocycles. The molecule has 4 aliphatic rings. The zero-order valence-corrected chi connectivity index (χ0v) is 22.9. The first-order chi connectivity index (χ1) is 20.3. The Morgan fingerprint density at radius 1 is 0.683 bits per heavy atom. The molecule has 3 aromatic heterocycles. The molecule has 198 valence electrons. The number of benzene rings is 2. The Labute approximate surface area is 240 Å². The van der Waals surface area contributed by atoms with Gasteiger partial charge in [-0.05, 0) is 67.8 Å². The van der Waals surface area contributed by atoms with E-state index in [2.05, 4.69) is 58.4 Å². The first-order valence-electron chi connectivity index (χ1n) is 13.9. The Morgan fingerprint density at radius 2 is 1.32 bits per heavy atom. The van der Waals surface area contributed by atoms with Gasteiger partial charge in [0.25, 0.3) is 0 Å². The molecule has 5 aromatic rings. The molecule has 0 atom stereocenters. The highest BCUT2D eigenvalue weighted by Crippen LogP contribution is 2.50. The highest BCUT2D eigenvalue weighted by atomic mass is 32.1. The van der Waals surface area contributed by atoms with Crippen LogP contribution >= 0.6 is 11.3 Å². The number of pyridine rings is 2. The summed E-state index contributed by atoms with van der Waals surface area (Å²) in [4.78, 5) is 14.5. The number of ether oxygens (including phenoxy) is 2. The summed E-state index contributed by atoms with van der Waals surface area (Å²) in [5.74, 6) is 5.40. The van der Waals surface area contributed by atoms with Crippen LogP contribution in [0.4, 0.5) is 23.0 Å². The molecule has 0 unspecified atom stereocenters. The fourth-order valence-corrected chi connectivity index (χ4v) is 7.27. The van der Waals surface area contributed by atoms with Crippen molar-refractivity contribution in [2.24, 2.45) is 0 Å². The molecule has 41 heavy (non-hydrogen) atoms. The predicted octanol–water partition coefficient (Wildman–Crippen LogP) is 9.38. The molecule has 7 heteroatoms. The van der Waals surface area contributed by atoms with E-state index >= 15 is 0 Å². The van der Waals surface area contributed by atoms with Gasteiger partial charge in [0.1, 0.15) is 23.2 Å². The lowest BCUT2D eigenvalue weighted by Gasteiger charge is -2.36. The number of hydrogen-bond acceptors (Lipinski definition) is 7. The van der Waals surface area contributed by atoms with Crippen molar-refractivity contribution < 1.29 is 9.47 Å². The van der Waals surface area contributed by atoms with Gasteiger partial charge in [0.15, 0.2) is 11.5 Å². The summed E-state index contributed by atoms with van der Waals surface area (Å²) in [7, 11) is 0. The maximum absolute atomic E-state index is 6.33. The van der Waals surface area contributed by atoms with Crippen LogP contribution in [-0.4, -0.2) is 9.97 Å². The molecule has 0 N–H and O–H groups in total. The van der Waals surface area contributed by atoms with Gasteiger partial charge in [-0.25, -0.2) is 9.97 Å². The standard InChI is InChI=1S/C34H24N4O2S/c1-5-13-27-23(9-1)37(24-10-2-6-14-28(24)39-27)33-17-31-21(19-35-33)22-20-36-34(18-32(22)41-31)38-25-11-3-7-15-29(25)40-30-16-8-4-12-26(30)38/h1-3,5-6,8-11,13-14,16-20H,4,7,12,15H2. The minimum absolute atomic E-state index is 0.820. The second-order valence-corrected chi connectivity index (χ2v) is 11.6. The minimum atomic E-state index is 0.820. The number of hydrogen-bond donors (Lipinski definition) is 0. The van der Waals surface area contributed by atoms with Gasteiger partial charge in [-0.3, -0.25) is 9.80 Å². The average Bonchev–Trinajstić information content (AvgIpc) is 3.39. The molecular formula is C34H24N4O2S. The first kappa shape index (κ1) is 22.9. The van der Waals surface area contributed by atoms with Crippen LogP contribution in [-0.2, 0) is 4.74 Å². The number of anilines is 4. The van der Waals surface area contributed by atoms with Crippen molar-refractivity contribution in [3.05, 3.63) is 120 Å². The maximum atomic E-state index is 6.33. The van der Waals surface area contributed by atoms with Crippen LogP contribution < -0.4 is 14.5 Å². The molecule has 2 aliphatic carbocycles. The number of fused-ring (bicyclic) bond motifs is 5. The van der Waals surface area contributed by atoms with E-state index in [1.807, 2.05) is 48.8 Å². The molecule has 0 fully saturated rings. The predicted molar refractivity (Wildman–Crippen MR) is 164 cm³/mol. The molecule has 9 rings (SSSR count). The lowest BCUT2D eigenvalue weighted by Crippen LogP contribution is -2.30. The van der Waals surface area contributed by atoms with Gasteiger partial charge in [0, 0.05) is 39.0 Å². The van der Waals surface area contributed by atoms with E-state index in [4.69, 9.17) is 19.4 Å². The topological polar surface area (TPSA) is 50.7 Å². The van der Waals surface area contributed by atoms with Gasteiger partial charge in [-0.2, -0.15) is 0 Å². The monoisotopic (exact) mass is 552 g/mol. The zero-order valence-electron chi connectivity index (χ0n) is 22.1. The van der Waals surface area contributed by atoms with E-state index < -0.39 is 0 Å². The Kier molecular flexibility index (Phi) is 4.92. The van der Waals surface area contributed by atoms with E-state index in [-0.39, 0.29) is 0 Å². The van der Waals surface area contributed by atoms with Crippen LogP contribution in [0, 0.1) is 0 Å². The lowest BCUT2D eigenvalue weighted by molar-refractivity contribution is 0.281. The van der Waals surface area contributed by atoms with Crippen molar-refractivity contribution in [1.82, 2.24) is 9.97 Å². The van der Waals surface area contributed by atoms with Crippen LogP contribution in [0.3, 0.4) is 0 Å². The molecule has 6 nitrogen and oxygen atoms in total. The average molecular weight is 553 g/mol. The van der Waals surface area contributed by atoms with Gasteiger partial charge in [-0.15, -0.1) is 11.3 Å². The molecule has 0 saturated heterocycles. The van der Waals surface area contributed by atoms with Crippen molar-refractivity contribution in [1.29, 1.82) is 0 Å². The highest BCUT2D eigenvalue weighted by Gasteiger charge is 2.31. The second kappa shape index (κ2) is 8.81. The molecule has 0 spiro atoms. The summed E-state index contributed by atoms with van der Waals surface area (Å²) in [5, 5.41) is 2.23. The van der Waals surface area contributed by atoms with E-state index in [1.54, 1.807) is 11.3 Å². The van der Waals surface area contributed by atoms with Crippen molar-refractivity contribution >= 4 is 54.5 Å². The van der Waals surface area contributed by atoms with Gasteiger partial charge in [-0.1, -0.05) is 36.4 Å². The first-order valence-corrected chi connectivity index (χ1v) is 14.8. The SMILES string of the molecule is C1=CC2=C(CC1)OC1=C(CCC=C1)N2c1cc2sc3cc(N4c5ccccc5Oc5ccccc54)ncc3c2cn1. The molecule has 0 amide bonds. The molecule has 0 radical (unpaired) electrons. The summed E-state index contributed by atoms with van der Waals surface area (Å²) < 4.78 is 14.9. The van der Waals surface area contributed by atoms with Gasteiger partial charge < -0.3 is 9.47 Å². The van der Waals surface area contributed by atoms with Crippen LogP contribution in [0.2, 0.25) is 0 Å². The van der Waals surface area contributed by atoms with Gasteiger partial charge in [0.05, 0.1) is 22.8 Å². The number of nitrogens with zero attached hydrogens (tertiary/aromatic N) is 4. The van der Waals surface area contributed by atoms with E-state index in [1.165, 1.54) is 15.1 Å². The van der Waals surface area contributed by atoms with Gasteiger partial charge in [0.2, 0.25) is 0 Å². The third-order valence-corrected chi connectivity index (χ3v) is 9.16. The van der Waals surface area contributed by atoms with E-state index in [0.717, 1.165) is 88.2 Å². The van der Waals surface area contributed by atoms with Crippen molar-refractivity contribution in [3.63, 3.8) is 0 Å². The van der Waals surface area contributed by atoms with Crippen LogP contribution in [0.5, 0.6) is 11.5 Å². The second-order valence-electron chi connectivity index (χ2n) is 10.5. The fraction of sp³-hybridized carbons (Fsp3) is 0.118. The molecule has 0 saturated carbocycles. The Hall–Kier alpha value is -4.88. The maximum Gasteiger partial charge on any atom is 0.151 e. The Bertz CT molecular complexity index is 1990. The third kappa shape index (κ3) is 3.49. The van der Waals surface area contributed by atoms with Crippen molar-refractivity contribution in [2.45, 2.75) is 25.7 Å². The van der Waals surface area contributed by atoms with Crippen molar-refractivity contribution in [2.75, 3.05) is 9.80 Å². The third-order valence-electron chi connectivity index (χ3n) is 8.05. The molecule has 5 heterocycles. The zero-order chi connectivity index (χ0) is 26.9. The Morgan fingerprint density at radius 3 is 2.05 bits per heavy atom. The summed E-state index contributed by atoms with van der Waals surface area (Å²) in [6, 6.07) is 20.6. The van der Waals surface area contributed by atoms with E-state index in [9.17, 15) is 0 Å². The number of aromatic nitrogens is 2. The minimum Gasteiger partial charge on any atom is -0.458 e. The fourth-order valence-electron chi connectivity index (χ4n) is 6.16. The normalized spacial score (nSPS) is 17.3. The largest absolute Gasteiger partial charge is 0.458 e. The summed E-state index contributed by atoms with van der Waals surface area (Å²) in [6.07, 6.45) is 16.5. The summed E-state index contributed by atoms with van der Waals surface area (Å²) in [5.41, 5.74) is 4.24. The smallest absolute Gasteiger partial charge is 0.151 e. The molecule has 2 aliphatic heterocycles. The van der Waals surface area contributed by atoms with Crippen LogP contribution in [0.25, 0.3) is 20.2 Å². The number of allylic oxidation sites excluding steroid dienone is 6. The van der Waals surface area contributed by atoms with Crippen LogP contribution in [0.1, 0.15) is 25.7 Å². The highest BCUT2D eigenvalue weighted by molar-refractivity contribution is 7.25. The van der Waals surface area contributed by atoms with Gasteiger partial charge >= 0.3 is 0 Å². The van der Waals surface area contributed by atoms with Crippen molar-refractivity contribution in [3.8, 4) is 11.5 Å². The number of para-hydroxylation sites is 4. The summed E-state index contributed by atoms with van der Waals surface area (Å²) >= 11 is 1.78. The lowest BCUT2D eigenvalue weighted by atomic mass is 10.0. The van der Waals surface area contributed by atoms with Crippen LogP contribution in [0.15, 0.2) is 120 Å². The summed E-state index contributed by atoms with van der Waals surface area (Å²) in [6.45, 7) is 0. The van der Waals surface area contributed by atoms with E-state index in [0.29, 0.717) is 0 Å². The number of thiophene rings is 1. The quantitative estimate of drug-likeness (QED) is 0.213. The number of rotatable bonds is 2. The Balaban J connectivity index is 1.17. The molecule has 0 bridgehead atoms.